The summed E-state index contributed by atoms with van der Waals surface area (Å²) in [6.07, 6.45) is 3.46. The average molecular weight is 566 g/mol. The number of ether oxygens (including phenoxy) is 2. The topological polar surface area (TPSA) is 161 Å². The Balaban J connectivity index is 0.000000168. The fraction of sp³-hybridized carbons (Fsp3) is 0.143. The van der Waals surface area contributed by atoms with E-state index in [2.05, 4.69) is 19.9 Å². The molecule has 0 saturated heterocycles. The summed E-state index contributed by atoms with van der Waals surface area (Å²) >= 11 is 0. The minimum Gasteiger partial charge on any atom is -0.481 e. The van der Waals surface area contributed by atoms with E-state index in [0.29, 0.717) is 41.4 Å². The van der Waals surface area contributed by atoms with Crippen LogP contribution in [0.15, 0.2) is 85.5 Å². The van der Waals surface area contributed by atoms with Crippen LogP contribution in [0.4, 0.5) is 0 Å². The van der Waals surface area contributed by atoms with Crippen molar-refractivity contribution in [2.75, 3.05) is 14.2 Å². The minimum absolute atomic E-state index is 0.467. The number of hydrogen-bond donors (Lipinski definition) is 4. The summed E-state index contributed by atoms with van der Waals surface area (Å²) in [7, 11) is 0.264. The molecule has 0 fully saturated rings. The molecule has 0 saturated carbocycles. The summed E-state index contributed by atoms with van der Waals surface area (Å²) in [5, 5.41) is 36.3. The van der Waals surface area contributed by atoms with Crippen molar-refractivity contribution >= 4 is 47.5 Å². The highest BCUT2D eigenvalue weighted by Crippen LogP contribution is 2.17. The smallest absolute Gasteiger partial charge is 0.481 e. The zero-order valence-corrected chi connectivity index (χ0v) is 22.9. The summed E-state index contributed by atoms with van der Waals surface area (Å²) in [5.74, 6) is 1.08. The van der Waals surface area contributed by atoms with E-state index in [0.717, 1.165) is 27.8 Å². The maximum absolute atomic E-state index is 9.09. The van der Waals surface area contributed by atoms with Gasteiger partial charge in [0.25, 0.3) is 0 Å². The number of aromatic nitrogens is 6. The van der Waals surface area contributed by atoms with Gasteiger partial charge in [-0.2, -0.15) is 9.97 Å². The van der Waals surface area contributed by atoms with Gasteiger partial charge in [-0.05, 0) is 34.2 Å². The second kappa shape index (κ2) is 12.8. The molecule has 0 atom stereocenters. The van der Waals surface area contributed by atoms with Crippen LogP contribution >= 0.6 is 0 Å². The third-order valence-corrected chi connectivity index (χ3v) is 6.57. The Morgan fingerprint density at radius 2 is 1.14 bits per heavy atom. The van der Waals surface area contributed by atoms with Gasteiger partial charge in [-0.25, -0.2) is 9.97 Å². The number of hydrogen-bond acceptors (Lipinski definition) is 10. The fourth-order valence-corrected chi connectivity index (χ4v) is 4.30. The van der Waals surface area contributed by atoms with E-state index in [1.807, 2.05) is 45.5 Å². The maximum Gasteiger partial charge on any atom is 0.488 e. The molecule has 6 rings (SSSR count). The Morgan fingerprint density at radius 1 is 0.619 bits per heavy atom. The second-order valence-electron chi connectivity index (χ2n) is 9.37. The number of imidazole rings is 2. The SMILES string of the molecule is COc1ccc2c(ncn2Cc2ccc(B(O)O)cc2)n1.COc1ccc2ncn(Cc3ccc(B(O)O)cc3)c2n1. The zero-order valence-electron chi connectivity index (χ0n) is 22.9. The number of nitrogens with zero attached hydrogens (tertiary/aromatic N) is 6. The van der Waals surface area contributed by atoms with Crippen molar-refractivity contribution in [2.45, 2.75) is 13.1 Å². The molecular weight excluding hydrogens is 538 g/mol. The van der Waals surface area contributed by atoms with Gasteiger partial charge in [0.15, 0.2) is 11.3 Å². The second-order valence-corrected chi connectivity index (χ2v) is 9.37. The fourth-order valence-electron chi connectivity index (χ4n) is 4.30. The van der Waals surface area contributed by atoms with Crippen molar-refractivity contribution in [1.82, 2.24) is 29.1 Å². The normalized spacial score (nSPS) is 10.8. The first-order valence-corrected chi connectivity index (χ1v) is 13.0. The van der Waals surface area contributed by atoms with E-state index in [1.165, 1.54) is 0 Å². The third kappa shape index (κ3) is 6.58. The molecule has 0 radical (unpaired) electrons. The molecule has 0 aliphatic carbocycles. The van der Waals surface area contributed by atoms with Crippen LogP contribution in [0.5, 0.6) is 11.8 Å². The average Bonchev–Trinajstić information content (AvgIpc) is 3.60. The monoisotopic (exact) mass is 566 g/mol. The van der Waals surface area contributed by atoms with Crippen LogP contribution in [0, 0.1) is 0 Å². The molecule has 4 heterocycles. The predicted molar refractivity (Wildman–Crippen MR) is 159 cm³/mol. The van der Waals surface area contributed by atoms with Crippen molar-refractivity contribution in [1.29, 1.82) is 0 Å². The van der Waals surface area contributed by atoms with Crippen LogP contribution in [0.3, 0.4) is 0 Å². The van der Waals surface area contributed by atoms with Crippen molar-refractivity contribution in [3.05, 3.63) is 96.6 Å². The molecule has 0 aliphatic rings. The molecule has 42 heavy (non-hydrogen) atoms. The van der Waals surface area contributed by atoms with E-state index >= 15 is 0 Å². The molecule has 4 aromatic heterocycles. The Bertz CT molecular complexity index is 1770. The predicted octanol–water partition coefficient (Wildman–Crippen LogP) is 0.336. The van der Waals surface area contributed by atoms with E-state index in [4.69, 9.17) is 29.6 Å². The standard InChI is InChI=1S/2C14H14BN3O3/c1-21-13-7-6-12-14(17-13)16-9-18(12)8-10-2-4-11(5-3-10)15(19)20;1-21-13-7-6-12-14(17-13)18(9-16-12)8-10-2-4-11(5-3-10)15(19)20/h2*2-7,9,19-20H,8H2,1H3. The van der Waals surface area contributed by atoms with Gasteiger partial charge in [0.05, 0.1) is 38.9 Å². The van der Waals surface area contributed by atoms with Gasteiger partial charge in [0.2, 0.25) is 11.8 Å². The number of rotatable bonds is 8. The maximum atomic E-state index is 9.09. The Kier molecular flexibility index (Phi) is 8.79. The van der Waals surface area contributed by atoms with Crippen LogP contribution < -0.4 is 20.4 Å². The molecule has 0 spiro atoms. The van der Waals surface area contributed by atoms with Crippen molar-refractivity contribution < 1.29 is 29.6 Å². The van der Waals surface area contributed by atoms with Crippen molar-refractivity contribution in [3.63, 3.8) is 0 Å². The van der Waals surface area contributed by atoms with E-state index < -0.39 is 14.2 Å². The lowest BCUT2D eigenvalue weighted by molar-refractivity contribution is 0.399. The van der Waals surface area contributed by atoms with Gasteiger partial charge in [-0.1, -0.05) is 48.5 Å². The summed E-state index contributed by atoms with van der Waals surface area (Å²) < 4.78 is 14.1. The van der Waals surface area contributed by atoms with Gasteiger partial charge in [-0.15, -0.1) is 0 Å². The summed E-state index contributed by atoms with van der Waals surface area (Å²) in [4.78, 5) is 17.2. The molecular formula is C28H28B2N6O6. The largest absolute Gasteiger partial charge is 0.488 e. The Hall–Kier alpha value is -4.75. The first kappa shape index (κ1) is 28.8. The van der Waals surface area contributed by atoms with Gasteiger partial charge in [0, 0.05) is 18.7 Å². The number of fused-ring (bicyclic) bond motifs is 2. The molecule has 14 heteroatoms. The quantitative estimate of drug-likeness (QED) is 0.189. The molecule has 0 aliphatic heterocycles. The first-order valence-electron chi connectivity index (χ1n) is 13.0. The van der Waals surface area contributed by atoms with Crippen LogP contribution in [-0.4, -0.2) is 77.6 Å². The van der Waals surface area contributed by atoms with Crippen LogP contribution in [0.2, 0.25) is 0 Å². The van der Waals surface area contributed by atoms with E-state index in [-0.39, 0.29) is 0 Å². The van der Waals surface area contributed by atoms with E-state index in [1.54, 1.807) is 63.3 Å². The summed E-state index contributed by atoms with van der Waals surface area (Å²) in [6, 6.07) is 21.5. The van der Waals surface area contributed by atoms with Crippen LogP contribution in [0.25, 0.3) is 22.3 Å². The number of methoxy groups -OCH3 is 2. The summed E-state index contributed by atoms with van der Waals surface area (Å²) in [6.45, 7) is 1.23. The molecule has 0 bridgehead atoms. The third-order valence-electron chi connectivity index (χ3n) is 6.57. The molecule has 12 nitrogen and oxygen atoms in total. The molecule has 0 unspecified atom stereocenters. The van der Waals surface area contributed by atoms with Crippen molar-refractivity contribution in [2.24, 2.45) is 0 Å². The molecule has 2 aromatic carbocycles. The molecule has 212 valence electrons. The molecule has 4 N–H and O–H groups in total. The first-order chi connectivity index (χ1) is 20.3. The lowest BCUT2D eigenvalue weighted by Crippen LogP contribution is -2.29. The minimum atomic E-state index is -1.45. The summed E-state index contributed by atoms with van der Waals surface area (Å²) in [5.41, 5.74) is 6.10. The van der Waals surface area contributed by atoms with Gasteiger partial charge in [-0.3, -0.25) is 0 Å². The van der Waals surface area contributed by atoms with Gasteiger partial charge < -0.3 is 38.7 Å². The van der Waals surface area contributed by atoms with Gasteiger partial charge in [0.1, 0.15) is 5.52 Å². The Labute approximate surface area is 241 Å². The zero-order chi connectivity index (χ0) is 29.6. The highest BCUT2D eigenvalue weighted by molar-refractivity contribution is 6.58. The molecule has 0 amide bonds. The lowest BCUT2D eigenvalue weighted by Gasteiger charge is -2.06. The highest BCUT2D eigenvalue weighted by atomic mass is 16.5. The Morgan fingerprint density at radius 3 is 1.71 bits per heavy atom. The van der Waals surface area contributed by atoms with Crippen LogP contribution in [0.1, 0.15) is 11.1 Å². The highest BCUT2D eigenvalue weighted by Gasteiger charge is 2.12. The van der Waals surface area contributed by atoms with E-state index in [9.17, 15) is 0 Å². The van der Waals surface area contributed by atoms with Crippen LogP contribution in [-0.2, 0) is 13.1 Å². The number of benzene rings is 2. The van der Waals surface area contributed by atoms with Crippen molar-refractivity contribution in [3.8, 4) is 11.8 Å². The molecule has 6 aromatic rings. The lowest BCUT2D eigenvalue weighted by atomic mass is 9.80. The van der Waals surface area contributed by atoms with Gasteiger partial charge >= 0.3 is 14.2 Å². The number of pyridine rings is 2.